The van der Waals surface area contributed by atoms with Gasteiger partial charge in [-0.1, -0.05) is 10.3 Å². The number of anilines is 1. The van der Waals surface area contributed by atoms with Gasteiger partial charge in [-0.15, -0.1) is 12.8 Å². The van der Waals surface area contributed by atoms with Crippen LogP contribution in [0.15, 0.2) is 31.6 Å². The van der Waals surface area contributed by atoms with Crippen molar-refractivity contribution in [3.63, 3.8) is 0 Å². The summed E-state index contributed by atoms with van der Waals surface area (Å²) in [5.41, 5.74) is 8.79. The minimum absolute atomic E-state index is 0. The number of hydrogen-bond acceptors (Lipinski definition) is 10. The molecule has 0 fully saturated rings. The van der Waals surface area contributed by atoms with Crippen molar-refractivity contribution in [3.05, 3.63) is 45.2 Å². The molecular formula is C36H40N10O4. The summed E-state index contributed by atoms with van der Waals surface area (Å²) < 4.78 is 10.7. The minimum Gasteiger partial charge on any atom is -0.361 e. The normalized spacial score (nSPS) is 8.30. The van der Waals surface area contributed by atoms with Crippen LogP contribution in [0.4, 0.5) is 5.95 Å². The van der Waals surface area contributed by atoms with Crippen LogP contribution in [0.1, 0.15) is 34.3 Å². The van der Waals surface area contributed by atoms with Crippen molar-refractivity contribution in [2.24, 2.45) is 16.3 Å². The molecular weight excluding hydrogens is 636 g/mol. The number of hydrogen-bond donors (Lipinski definition) is 4. The van der Waals surface area contributed by atoms with Gasteiger partial charge in [0.1, 0.15) is 11.5 Å². The Balaban J connectivity index is -0.000000142. The second-order valence-corrected chi connectivity index (χ2v) is 8.76. The molecule has 0 amide bonds. The Labute approximate surface area is 299 Å². The van der Waals surface area contributed by atoms with E-state index in [1.807, 2.05) is 34.7 Å². The van der Waals surface area contributed by atoms with Gasteiger partial charge in [0.05, 0.1) is 32.7 Å². The molecule has 50 heavy (non-hydrogen) atoms. The van der Waals surface area contributed by atoms with Crippen molar-refractivity contribution in [1.29, 1.82) is 0 Å². The van der Waals surface area contributed by atoms with E-state index in [-0.39, 0.29) is 11.4 Å². The second kappa shape index (κ2) is 20.6. The quantitative estimate of drug-likeness (QED) is 0.0698. The predicted octanol–water partition coefficient (Wildman–Crippen LogP) is 5.40. The van der Waals surface area contributed by atoms with Gasteiger partial charge in [-0.2, -0.15) is 0 Å². The standard InChI is InChI=1S/C18H19N5O2.C18H2.H3N5O2.8H2/c1-8-15(10(3)24-22-8)12-6-13(16-9(2)23-25-11(16)4)17-14(7-12)20-18(19-5)21-17;1-3-5-7-9-11-13-15-17-18-16-14-12-10-8-6-4-2;1-2-3-4-5(6)7;;;;;;;;/h6-7H,1-5H3,(H2,19,20,21);1-2H;(H2,1,3)(H,2,4);8*1H. The van der Waals surface area contributed by atoms with E-state index in [0.29, 0.717) is 5.95 Å². The van der Waals surface area contributed by atoms with Gasteiger partial charge in [0.25, 0.3) is 0 Å². The van der Waals surface area contributed by atoms with E-state index in [0.717, 1.165) is 56.2 Å². The van der Waals surface area contributed by atoms with Crippen LogP contribution in [-0.4, -0.2) is 32.4 Å². The number of nitrogens with two attached hydrogens (primary N) is 1. The smallest absolute Gasteiger partial charge is 0.200 e. The highest BCUT2D eigenvalue weighted by Gasteiger charge is 2.20. The van der Waals surface area contributed by atoms with Crippen molar-refractivity contribution in [2.75, 3.05) is 12.4 Å². The van der Waals surface area contributed by atoms with Gasteiger partial charge in [0, 0.05) is 40.7 Å². The summed E-state index contributed by atoms with van der Waals surface area (Å²) in [6, 6.07) is 4.17. The van der Waals surface area contributed by atoms with Crippen LogP contribution >= 0.6 is 0 Å². The zero-order valence-corrected chi connectivity index (χ0v) is 27.2. The number of imidazole rings is 1. The fourth-order valence-corrected chi connectivity index (χ4v) is 3.84. The summed E-state index contributed by atoms with van der Waals surface area (Å²) in [4.78, 5) is 17.2. The molecule has 4 rings (SSSR count). The highest BCUT2D eigenvalue weighted by Crippen LogP contribution is 2.38. The molecule has 0 unspecified atom stereocenters. The Bertz CT molecular complexity index is 2380. The molecule has 14 heteroatoms. The molecule has 5 N–H and O–H groups in total. The minimum atomic E-state index is -0.879. The summed E-state index contributed by atoms with van der Waals surface area (Å²) in [6.45, 7) is 7.71. The van der Waals surface area contributed by atoms with Crippen molar-refractivity contribution in [1.82, 2.24) is 25.8 Å². The summed E-state index contributed by atoms with van der Waals surface area (Å²) in [7, 11) is 1.84. The second-order valence-electron chi connectivity index (χ2n) is 8.76. The molecule has 0 spiro atoms. The van der Waals surface area contributed by atoms with Crippen LogP contribution in [0, 0.1) is 145 Å². The maximum atomic E-state index is 9.24. The molecule has 3 heterocycles. The summed E-state index contributed by atoms with van der Waals surface area (Å²) in [5.74, 6) is 44.9. The van der Waals surface area contributed by atoms with Crippen LogP contribution in [-0.2, 0) is 0 Å². The van der Waals surface area contributed by atoms with Gasteiger partial charge in [0.15, 0.2) is 5.22 Å². The molecule has 4 aromatic rings. The van der Waals surface area contributed by atoms with Gasteiger partial charge >= 0.3 is 0 Å². The van der Waals surface area contributed by atoms with Gasteiger partial charge < -0.3 is 29.5 Å². The zero-order valence-electron chi connectivity index (χ0n) is 27.2. The lowest BCUT2D eigenvalue weighted by atomic mass is 9.96. The Hall–Kier alpha value is -8.45. The number of hydrazine groups is 1. The van der Waals surface area contributed by atoms with Gasteiger partial charge in [-0.25, -0.2) is 4.98 Å². The third kappa shape index (κ3) is 11.8. The molecule has 0 aliphatic rings. The number of terminal acetylenes is 2. The molecule has 258 valence electrons. The Kier molecular flexibility index (Phi) is 15.5. The average molecular weight is 677 g/mol. The van der Waals surface area contributed by atoms with Crippen molar-refractivity contribution >= 4 is 17.0 Å². The van der Waals surface area contributed by atoms with Crippen molar-refractivity contribution < 1.29 is 25.5 Å². The first-order valence-corrected chi connectivity index (χ1v) is 13.7. The van der Waals surface area contributed by atoms with Crippen LogP contribution in [0.3, 0.4) is 0 Å². The molecule has 0 aliphatic carbocycles. The molecule has 14 nitrogen and oxygen atoms in total. The van der Waals surface area contributed by atoms with E-state index in [1.54, 1.807) is 0 Å². The van der Waals surface area contributed by atoms with Crippen LogP contribution < -0.4 is 16.7 Å². The number of nitrogens with zero attached hydrogens (tertiary/aromatic N) is 6. The lowest BCUT2D eigenvalue weighted by Gasteiger charge is -2.07. The van der Waals surface area contributed by atoms with E-state index in [9.17, 15) is 10.1 Å². The summed E-state index contributed by atoms with van der Waals surface area (Å²) in [5, 5.41) is 24.8. The monoisotopic (exact) mass is 676 g/mol. The first-order chi connectivity index (χ1) is 24.2. The number of nitrogens with one attached hydrogen (secondary N) is 3. The third-order valence-corrected chi connectivity index (χ3v) is 5.59. The van der Waals surface area contributed by atoms with E-state index >= 15 is 0 Å². The van der Waals surface area contributed by atoms with Crippen molar-refractivity contribution in [3.8, 4) is 130 Å². The van der Waals surface area contributed by atoms with E-state index in [2.05, 4.69) is 149 Å². The van der Waals surface area contributed by atoms with E-state index in [4.69, 9.17) is 21.9 Å². The summed E-state index contributed by atoms with van der Waals surface area (Å²) >= 11 is 0. The van der Waals surface area contributed by atoms with Gasteiger partial charge in [0.2, 0.25) is 5.95 Å². The molecule has 0 aliphatic heterocycles. The van der Waals surface area contributed by atoms with Crippen LogP contribution in [0.25, 0.3) is 33.3 Å². The van der Waals surface area contributed by atoms with Crippen molar-refractivity contribution in [2.45, 2.75) is 27.7 Å². The number of nitro groups is 1. The van der Waals surface area contributed by atoms with E-state index < -0.39 is 5.03 Å². The number of aromatic amines is 1. The topological polar surface area (TPSA) is 199 Å². The number of rotatable bonds is 5. The largest absolute Gasteiger partial charge is 0.361 e. The van der Waals surface area contributed by atoms with Crippen LogP contribution in [0.5, 0.6) is 0 Å². The highest BCUT2D eigenvalue weighted by atomic mass is 16.7. The maximum Gasteiger partial charge on any atom is 0.200 e. The lowest BCUT2D eigenvalue weighted by molar-refractivity contribution is -0.546. The first kappa shape index (κ1) is 37.7. The van der Waals surface area contributed by atoms with Gasteiger partial charge in [-0.3, -0.25) is 5.84 Å². The first-order valence-electron chi connectivity index (χ1n) is 13.7. The Morgan fingerprint density at radius 2 is 1.28 bits per heavy atom. The van der Waals surface area contributed by atoms with Gasteiger partial charge in [-0.05, 0) is 140 Å². The number of H-pyrrole nitrogens is 1. The fourth-order valence-electron chi connectivity index (χ4n) is 3.84. The molecule has 0 atom stereocenters. The number of aromatic nitrogens is 4. The molecule has 3 aromatic heterocycles. The van der Waals surface area contributed by atoms with Crippen LogP contribution in [0.2, 0.25) is 0 Å². The van der Waals surface area contributed by atoms with E-state index in [1.165, 1.54) is 5.53 Å². The third-order valence-electron chi connectivity index (χ3n) is 5.59. The zero-order chi connectivity index (χ0) is 36.7. The SMILES string of the molecule is C#CC#CC#CC#CC#CC#CC#CC#CC#C.CNc1nc2c(-c3c(C)noc3C)cc(-c3c(C)noc3C)cc2[nH]1.NN=NN[N+](=O)[O-].[HH].[HH].[HH].[HH].[HH].[HH].[HH].[HH]. The Morgan fingerprint density at radius 1 is 0.820 bits per heavy atom. The fraction of sp³-hybridized carbons (Fsp3) is 0.139. The Morgan fingerprint density at radius 3 is 1.64 bits per heavy atom. The molecule has 1 aromatic carbocycles. The predicted molar refractivity (Wildman–Crippen MR) is 204 cm³/mol. The molecule has 0 bridgehead atoms. The number of benzene rings is 1. The number of aryl methyl sites for hydroxylation is 4. The highest BCUT2D eigenvalue weighted by molar-refractivity contribution is 5.98. The molecule has 0 saturated carbocycles. The lowest BCUT2D eigenvalue weighted by Crippen LogP contribution is -2.13. The summed E-state index contributed by atoms with van der Waals surface area (Å²) in [6.07, 6.45) is 9.76. The molecule has 0 radical (unpaired) electrons. The average Bonchev–Trinajstić information content (AvgIpc) is 3.79. The molecule has 0 saturated heterocycles. The number of fused-ring (bicyclic) bond motifs is 1. The maximum absolute atomic E-state index is 9.24.